The van der Waals surface area contributed by atoms with Crippen molar-refractivity contribution in [3.05, 3.63) is 27.9 Å². The van der Waals surface area contributed by atoms with E-state index in [2.05, 4.69) is 10.1 Å². The first-order chi connectivity index (χ1) is 11.7. The first-order valence-corrected chi connectivity index (χ1v) is 9.09. The van der Waals surface area contributed by atoms with Crippen LogP contribution in [0.1, 0.15) is 25.1 Å². The van der Waals surface area contributed by atoms with Crippen molar-refractivity contribution < 1.29 is 9.53 Å². The number of aryl methyl sites for hydroxylation is 1. The summed E-state index contributed by atoms with van der Waals surface area (Å²) in [5, 5.41) is 6.83. The SMILES string of the molecule is O=C(Cn1nc2n(c1=O)CCCCC2)N1CC(Oc2nccs2)C1. The fourth-order valence-electron chi connectivity index (χ4n) is 3.08. The molecule has 9 heteroatoms. The van der Waals surface area contributed by atoms with Crippen LogP contribution in [0.2, 0.25) is 0 Å². The Balaban J connectivity index is 1.35. The third-order valence-corrected chi connectivity index (χ3v) is 5.11. The molecular formula is C15H19N5O3S. The van der Waals surface area contributed by atoms with E-state index in [9.17, 15) is 9.59 Å². The third kappa shape index (κ3) is 2.95. The maximum Gasteiger partial charge on any atom is 0.346 e. The number of carbonyl (C=O) groups excluding carboxylic acids is 1. The maximum absolute atomic E-state index is 12.4. The van der Waals surface area contributed by atoms with Gasteiger partial charge < -0.3 is 9.64 Å². The van der Waals surface area contributed by atoms with Gasteiger partial charge >= 0.3 is 5.69 Å². The number of rotatable bonds is 4. The molecule has 1 amide bonds. The lowest BCUT2D eigenvalue weighted by Crippen LogP contribution is -2.57. The number of amides is 1. The lowest BCUT2D eigenvalue weighted by Gasteiger charge is -2.38. The van der Waals surface area contributed by atoms with Gasteiger partial charge in [0.2, 0.25) is 5.91 Å². The summed E-state index contributed by atoms with van der Waals surface area (Å²) in [6, 6.07) is 0. The Bertz CT molecular complexity index is 776. The smallest absolute Gasteiger partial charge is 0.346 e. The predicted molar refractivity (Wildman–Crippen MR) is 87.2 cm³/mol. The van der Waals surface area contributed by atoms with Crippen LogP contribution in [0.3, 0.4) is 0 Å². The van der Waals surface area contributed by atoms with E-state index >= 15 is 0 Å². The van der Waals surface area contributed by atoms with Crippen LogP contribution in [0.4, 0.5) is 0 Å². The number of aromatic nitrogens is 4. The molecular weight excluding hydrogens is 330 g/mol. The summed E-state index contributed by atoms with van der Waals surface area (Å²) in [6.45, 7) is 1.76. The summed E-state index contributed by atoms with van der Waals surface area (Å²) >= 11 is 1.44. The van der Waals surface area contributed by atoms with Crippen molar-refractivity contribution in [2.45, 2.75) is 44.9 Å². The number of fused-ring (bicyclic) bond motifs is 1. The molecule has 128 valence electrons. The fraction of sp³-hybridized carbons (Fsp3) is 0.600. The molecule has 0 N–H and O–H groups in total. The molecule has 4 rings (SSSR count). The zero-order valence-electron chi connectivity index (χ0n) is 13.3. The molecule has 0 spiro atoms. The van der Waals surface area contributed by atoms with E-state index in [0.717, 1.165) is 31.5 Å². The van der Waals surface area contributed by atoms with Gasteiger partial charge in [0, 0.05) is 24.5 Å². The molecule has 0 aromatic carbocycles. The molecule has 0 atom stereocenters. The number of thiazole rings is 1. The molecule has 0 unspecified atom stereocenters. The summed E-state index contributed by atoms with van der Waals surface area (Å²) in [4.78, 5) is 30.4. The van der Waals surface area contributed by atoms with Crippen LogP contribution < -0.4 is 10.4 Å². The third-order valence-electron chi connectivity index (χ3n) is 4.44. The Morgan fingerprint density at radius 2 is 2.21 bits per heavy atom. The molecule has 1 fully saturated rings. The highest BCUT2D eigenvalue weighted by molar-refractivity contribution is 7.11. The van der Waals surface area contributed by atoms with Crippen molar-refractivity contribution in [3.8, 4) is 5.19 Å². The van der Waals surface area contributed by atoms with Crippen LogP contribution in [0.15, 0.2) is 16.4 Å². The first kappa shape index (κ1) is 15.4. The summed E-state index contributed by atoms with van der Waals surface area (Å²) < 4.78 is 8.67. The Hall–Kier alpha value is -2.16. The van der Waals surface area contributed by atoms with Gasteiger partial charge in [-0.25, -0.2) is 14.5 Å². The molecule has 24 heavy (non-hydrogen) atoms. The van der Waals surface area contributed by atoms with Gasteiger partial charge in [0.15, 0.2) is 0 Å². The molecule has 1 saturated heterocycles. The number of ether oxygens (including phenoxy) is 1. The van der Waals surface area contributed by atoms with Crippen LogP contribution in [0.5, 0.6) is 5.19 Å². The second-order valence-corrected chi connectivity index (χ2v) is 7.01. The fourth-order valence-corrected chi connectivity index (χ4v) is 3.64. The molecule has 2 aromatic rings. The Kier molecular flexibility index (Phi) is 4.09. The van der Waals surface area contributed by atoms with E-state index in [1.807, 2.05) is 5.38 Å². The second kappa shape index (κ2) is 6.39. The monoisotopic (exact) mass is 349 g/mol. The van der Waals surface area contributed by atoms with Gasteiger partial charge in [-0.1, -0.05) is 17.8 Å². The van der Waals surface area contributed by atoms with E-state index in [4.69, 9.17) is 4.74 Å². The number of hydrogen-bond acceptors (Lipinski definition) is 6. The van der Waals surface area contributed by atoms with E-state index in [-0.39, 0.29) is 24.2 Å². The predicted octanol–water partition coefficient (Wildman–Crippen LogP) is 0.518. The molecule has 2 aliphatic heterocycles. The van der Waals surface area contributed by atoms with E-state index < -0.39 is 0 Å². The van der Waals surface area contributed by atoms with Crippen molar-refractivity contribution in [2.24, 2.45) is 0 Å². The first-order valence-electron chi connectivity index (χ1n) is 8.21. The zero-order valence-corrected chi connectivity index (χ0v) is 14.1. The quantitative estimate of drug-likeness (QED) is 0.804. The number of nitrogens with zero attached hydrogens (tertiary/aromatic N) is 5. The highest BCUT2D eigenvalue weighted by Crippen LogP contribution is 2.20. The van der Waals surface area contributed by atoms with Crippen molar-refractivity contribution in [1.29, 1.82) is 0 Å². The largest absolute Gasteiger partial charge is 0.463 e. The minimum absolute atomic E-state index is 0.00278. The average Bonchev–Trinajstić information content (AvgIpc) is 3.06. The minimum Gasteiger partial charge on any atom is -0.463 e. The van der Waals surface area contributed by atoms with Crippen LogP contribution in [0, 0.1) is 0 Å². The van der Waals surface area contributed by atoms with Crippen LogP contribution >= 0.6 is 11.3 Å². The van der Waals surface area contributed by atoms with E-state index in [1.165, 1.54) is 16.0 Å². The Morgan fingerprint density at radius 3 is 3.00 bits per heavy atom. The summed E-state index contributed by atoms with van der Waals surface area (Å²) in [7, 11) is 0. The number of hydrogen-bond donors (Lipinski definition) is 0. The lowest BCUT2D eigenvalue weighted by molar-refractivity contribution is -0.140. The molecule has 0 aliphatic carbocycles. The summed E-state index contributed by atoms with van der Waals surface area (Å²) in [5.41, 5.74) is -0.170. The Morgan fingerprint density at radius 1 is 1.33 bits per heavy atom. The number of carbonyl (C=O) groups is 1. The normalized spacial score (nSPS) is 17.9. The minimum atomic E-state index is -0.170. The highest BCUT2D eigenvalue weighted by Gasteiger charge is 2.33. The van der Waals surface area contributed by atoms with Gasteiger partial charge in [0.1, 0.15) is 18.5 Å². The maximum atomic E-state index is 12.4. The van der Waals surface area contributed by atoms with Gasteiger partial charge in [0.05, 0.1) is 13.1 Å². The van der Waals surface area contributed by atoms with Crippen molar-refractivity contribution in [2.75, 3.05) is 13.1 Å². The van der Waals surface area contributed by atoms with Gasteiger partial charge in [-0.15, -0.1) is 0 Å². The van der Waals surface area contributed by atoms with E-state index in [0.29, 0.717) is 24.8 Å². The van der Waals surface area contributed by atoms with Crippen molar-refractivity contribution >= 4 is 17.2 Å². The molecule has 2 aliphatic rings. The average molecular weight is 349 g/mol. The van der Waals surface area contributed by atoms with Crippen molar-refractivity contribution in [1.82, 2.24) is 24.2 Å². The molecule has 2 aromatic heterocycles. The molecule has 4 heterocycles. The highest BCUT2D eigenvalue weighted by atomic mass is 32.1. The lowest BCUT2D eigenvalue weighted by atomic mass is 10.1. The molecule has 8 nitrogen and oxygen atoms in total. The van der Waals surface area contributed by atoms with Crippen LogP contribution in [0.25, 0.3) is 0 Å². The topological polar surface area (TPSA) is 82.2 Å². The second-order valence-electron chi connectivity index (χ2n) is 6.16. The van der Waals surface area contributed by atoms with Gasteiger partial charge in [0.25, 0.3) is 5.19 Å². The Labute approximate surface area is 142 Å². The summed E-state index contributed by atoms with van der Waals surface area (Å²) in [6.07, 6.45) is 5.65. The van der Waals surface area contributed by atoms with Crippen LogP contribution in [-0.2, 0) is 24.3 Å². The van der Waals surface area contributed by atoms with Crippen molar-refractivity contribution in [3.63, 3.8) is 0 Å². The summed E-state index contributed by atoms with van der Waals surface area (Å²) in [5.74, 6) is 0.711. The van der Waals surface area contributed by atoms with Gasteiger partial charge in [-0.3, -0.25) is 9.36 Å². The van der Waals surface area contributed by atoms with Crippen LogP contribution in [-0.4, -0.2) is 49.3 Å². The zero-order chi connectivity index (χ0) is 16.5. The molecule has 0 bridgehead atoms. The van der Waals surface area contributed by atoms with Gasteiger partial charge in [-0.2, -0.15) is 5.10 Å². The standard InChI is InChI=1S/C15H19N5O3S/c21-13(18-8-11(9-18)23-14-16-5-7-24-14)10-20-15(22)19-6-3-1-2-4-12(19)17-20/h5,7,11H,1-4,6,8-10H2. The van der Waals surface area contributed by atoms with Gasteiger partial charge in [-0.05, 0) is 12.8 Å². The molecule has 0 saturated carbocycles. The van der Waals surface area contributed by atoms with E-state index in [1.54, 1.807) is 15.7 Å². The molecule has 0 radical (unpaired) electrons. The number of likely N-dealkylation sites (tertiary alicyclic amines) is 1.